The monoisotopic (exact) mass is 228 g/mol. The van der Waals surface area contributed by atoms with E-state index in [1.54, 1.807) is 0 Å². The maximum Gasteiger partial charge on any atom is 0.223 e. The van der Waals surface area contributed by atoms with Gasteiger partial charge in [0.15, 0.2) is 0 Å². The first-order valence-corrected chi connectivity index (χ1v) is 6.04. The van der Waals surface area contributed by atoms with Crippen LogP contribution in [0.5, 0.6) is 0 Å². The first kappa shape index (κ1) is 13.5. The zero-order valence-electron chi connectivity index (χ0n) is 10.9. The van der Waals surface area contributed by atoms with Gasteiger partial charge in [0.25, 0.3) is 0 Å². The van der Waals surface area contributed by atoms with Gasteiger partial charge in [-0.1, -0.05) is 6.92 Å². The van der Waals surface area contributed by atoms with Gasteiger partial charge in [0.1, 0.15) is 0 Å². The third-order valence-electron chi connectivity index (χ3n) is 3.50. The molecule has 16 heavy (non-hydrogen) atoms. The molecule has 1 rings (SSSR count). The molecule has 1 fully saturated rings. The van der Waals surface area contributed by atoms with Crippen molar-refractivity contribution in [1.29, 1.82) is 0 Å². The normalized spacial score (nSPS) is 20.9. The van der Waals surface area contributed by atoms with E-state index in [4.69, 9.17) is 4.74 Å². The predicted molar refractivity (Wildman–Crippen MR) is 64.3 cm³/mol. The van der Waals surface area contributed by atoms with Crippen LogP contribution in [0.25, 0.3) is 0 Å². The molecule has 94 valence electrons. The zero-order chi connectivity index (χ0) is 12.1. The Labute approximate surface area is 98.5 Å². The van der Waals surface area contributed by atoms with Gasteiger partial charge < -0.3 is 14.5 Å². The Morgan fingerprint density at radius 2 is 1.88 bits per heavy atom. The minimum atomic E-state index is 0.268. The lowest BCUT2D eigenvalue weighted by atomic mass is 9.98. The lowest BCUT2D eigenvalue weighted by molar-refractivity contribution is -0.136. The molecule has 0 aromatic heterocycles. The predicted octanol–water partition coefficient (Wildman–Crippen LogP) is 0.822. The molecule has 0 aliphatic carbocycles. The van der Waals surface area contributed by atoms with Crippen LogP contribution in [0.1, 0.15) is 20.3 Å². The standard InChI is InChI=1S/C12H24N2O2/c1-10(11(2)13(3)4)9-12(15)14-5-7-16-8-6-14/h10-11H,5-9H2,1-4H3. The number of morpholine rings is 1. The number of carbonyl (C=O) groups excluding carboxylic acids is 1. The van der Waals surface area contributed by atoms with Crippen LogP contribution in [0, 0.1) is 5.92 Å². The summed E-state index contributed by atoms with van der Waals surface area (Å²) in [6.45, 7) is 7.18. The molecule has 0 N–H and O–H groups in total. The van der Waals surface area contributed by atoms with E-state index in [-0.39, 0.29) is 5.91 Å². The SMILES string of the molecule is CC(CC(=O)N1CCOCC1)C(C)N(C)C. The first-order chi connectivity index (χ1) is 7.52. The number of nitrogens with zero attached hydrogens (tertiary/aromatic N) is 2. The van der Waals surface area contributed by atoms with Crippen molar-refractivity contribution in [3.8, 4) is 0 Å². The van der Waals surface area contributed by atoms with Crippen molar-refractivity contribution in [3.63, 3.8) is 0 Å². The van der Waals surface area contributed by atoms with Crippen LogP contribution >= 0.6 is 0 Å². The van der Waals surface area contributed by atoms with Crippen LogP contribution in [0.3, 0.4) is 0 Å². The van der Waals surface area contributed by atoms with Crippen molar-refractivity contribution in [3.05, 3.63) is 0 Å². The molecule has 0 spiro atoms. The average Bonchev–Trinajstić information content (AvgIpc) is 2.28. The van der Waals surface area contributed by atoms with E-state index in [1.165, 1.54) is 0 Å². The lowest BCUT2D eigenvalue weighted by Crippen LogP contribution is -2.42. The number of ether oxygens (including phenoxy) is 1. The first-order valence-electron chi connectivity index (χ1n) is 6.04. The van der Waals surface area contributed by atoms with Gasteiger partial charge in [-0.2, -0.15) is 0 Å². The molecule has 0 bridgehead atoms. The minimum Gasteiger partial charge on any atom is -0.378 e. The number of amides is 1. The molecule has 1 heterocycles. The van der Waals surface area contributed by atoms with E-state index in [9.17, 15) is 4.79 Å². The van der Waals surface area contributed by atoms with Gasteiger partial charge in [-0.3, -0.25) is 4.79 Å². The van der Waals surface area contributed by atoms with Gasteiger partial charge in [-0.15, -0.1) is 0 Å². The summed E-state index contributed by atoms with van der Waals surface area (Å²) in [5.41, 5.74) is 0. The minimum absolute atomic E-state index is 0.268. The van der Waals surface area contributed by atoms with Crippen molar-refractivity contribution in [1.82, 2.24) is 9.80 Å². The topological polar surface area (TPSA) is 32.8 Å². The Morgan fingerprint density at radius 1 is 1.31 bits per heavy atom. The van der Waals surface area contributed by atoms with E-state index in [0.717, 1.165) is 13.1 Å². The highest BCUT2D eigenvalue weighted by Gasteiger charge is 2.22. The van der Waals surface area contributed by atoms with Gasteiger partial charge >= 0.3 is 0 Å². The van der Waals surface area contributed by atoms with Gasteiger partial charge in [0.05, 0.1) is 13.2 Å². The third kappa shape index (κ3) is 3.76. The lowest BCUT2D eigenvalue weighted by Gasteiger charge is -2.30. The Kier molecular flexibility index (Phi) is 5.22. The van der Waals surface area contributed by atoms with Crippen molar-refractivity contribution >= 4 is 5.91 Å². The fourth-order valence-corrected chi connectivity index (χ4v) is 1.90. The van der Waals surface area contributed by atoms with Crippen LogP contribution in [0.2, 0.25) is 0 Å². The summed E-state index contributed by atoms with van der Waals surface area (Å²) in [6.07, 6.45) is 0.638. The quantitative estimate of drug-likeness (QED) is 0.714. The van der Waals surface area contributed by atoms with Gasteiger partial charge in [0.2, 0.25) is 5.91 Å². The Hall–Kier alpha value is -0.610. The highest BCUT2D eigenvalue weighted by molar-refractivity contribution is 5.76. The summed E-state index contributed by atoms with van der Waals surface area (Å²) in [7, 11) is 4.11. The Balaban J connectivity index is 2.37. The highest BCUT2D eigenvalue weighted by Crippen LogP contribution is 2.14. The molecule has 2 unspecified atom stereocenters. The molecule has 4 heteroatoms. The van der Waals surface area contributed by atoms with Gasteiger partial charge in [-0.25, -0.2) is 0 Å². The summed E-state index contributed by atoms with van der Waals surface area (Å²) < 4.78 is 5.24. The summed E-state index contributed by atoms with van der Waals surface area (Å²) in [4.78, 5) is 16.1. The summed E-state index contributed by atoms with van der Waals surface area (Å²) in [6, 6.07) is 0.435. The molecule has 0 saturated carbocycles. The number of hydrogen-bond donors (Lipinski definition) is 0. The molecular weight excluding hydrogens is 204 g/mol. The molecule has 0 aromatic rings. The number of rotatable bonds is 4. The second-order valence-electron chi connectivity index (χ2n) is 4.88. The molecule has 0 aromatic carbocycles. The molecule has 1 saturated heterocycles. The number of hydrogen-bond acceptors (Lipinski definition) is 3. The largest absolute Gasteiger partial charge is 0.378 e. The summed E-state index contributed by atoms with van der Waals surface area (Å²) >= 11 is 0. The second-order valence-corrected chi connectivity index (χ2v) is 4.88. The van der Waals surface area contributed by atoms with Crippen LogP contribution in [-0.4, -0.2) is 62.1 Å². The smallest absolute Gasteiger partial charge is 0.223 e. The fourth-order valence-electron chi connectivity index (χ4n) is 1.90. The van der Waals surface area contributed by atoms with Crippen molar-refractivity contribution in [2.24, 2.45) is 5.92 Å². The van der Waals surface area contributed by atoms with E-state index < -0.39 is 0 Å². The molecule has 1 aliphatic rings. The maximum atomic E-state index is 12.0. The van der Waals surface area contributed by atoms with E-state index in [1.807, 2.05) is 4.90 Å². The molecule has 0 radical (unpaired) electrons. The number of carbonyl (C=O) groups is 1. The van der Waals surface area contributed by atoms with Crippen LogP contribution < -0.4 is 0 Å². The van der Waals surface area contributed by atoms with Gasteiger partial charge in [0, 0.05) is 25.6 Å². The highest BCUT2D eigenvalue weighted by atomic mass is 16.5. The third-order valence-corrected chi connectivity index (χ3v) is 3.50. The van der Waals surface area contributed by atoms with Crippen LogP contribution in [-0.2, 0) is 9.53 Å². The molecule has 1 amide bonds. The molecular formula is C12H24N2O2. The Bertz CT molecular complexity index is 225. The maximum absolute atomic E-state index is 12.0. The van der Waals surface area contributed by atoms with Crippen LogP contribution in [0.4, 0.5) is 0 Å². The Morgan fingerprint density at radius 3 is 2.38 bits per heavy atom. The summed E-state index contributed by atoms with van der Waals surface area (Å²) in [5.74, 6) is 0.662. The van der Waals surface area contributed by atoms with Crippen molar-refractivity contribution in [2.45, 2.75) is 26.3 Å². The zero-order valence-corrected chi connectivity index (χ0v) is 10.9. The average molecular weight is 228 g/mol. The van der Waals surface area contributed by atoms with Gasteiger partial charge in [-0.05, 0) is 26.9 Å². The van der Waals surface area contributed by atoms with E-state index in [0.29, 0.717) is 31.6 Å². The molecule has 1 aliphatic heterocycles. The van der Waals surface area contributed by atoms with E-state index >= 15 is 0 Å². The molecule has 4 nitrogen and oxygen atoms in total. The second kappa shape index (κ2) is 6.21. The summed E-state index contributed by atoms with van der Waals surface area (Å²) in [5, 5.41) is 0. The van der Waals surface area contributed by atoms with E-state index in [2.05, 4.69) is 32.8 Å². The molecule has 2 atom stereocenters. The van der Waals surface area contributed by atoms with Crippen molar-refractivity contribution in [2.75, 3.05) is 40.4 Å². The fraction of sp³-hybridized carbons (Fsp3) is 0.917. The van der Waals surface area contributed by atoms with Crippen molar-refractivity contribution < 1.29 is 9.53 Å². The van der Waals surface area contributed by atoms with Crippen LogP contribution in [0.15, 0.2) is 0 Å².